The number of ether oxygens (including phenoxy) is 2. The van der Waals surface area contributed by atoms with Crippen LogP contribution in [-0.2, 0) is 4.74 Å². The van der Waals surface area contributed by atoms with Gasteiger partial charge < -0.3 is 14.6 Å². The van der Waals surface area contributed by atoms with Crippen LogP contribution in [0.25, 0.3) is 0 Å². The molecule has 1 heterocycles. The van der Waals surface area contributed by atoms with Crippen LogP contribution in [0, 0.1) is 0 Å². The minimum Gasteiger partial charge on any atom is -0.497 e. The summed E-state index contributed by atoms with van der Waals surface area (Å²) in [7, 11) is 2.90. The highest BCUT2D eigenvalue weighted by Crippen LogP contribution is 2.36. The maximum atomic E-state index is 11.6. The predicted molar refractivity (Wildman–Crippen MR) is 62.3 cm³/mol. The van der Waals surface area contributed by atoms with Crippen molar-refractivity contribution < 1.29 is 19.4 Å². The van der Waals surface area contributed by atoms with E-state index in [-0.39, 0.29) is 0 Å². The number of carbonyl (C=O) groups is 1. The van der Waals surface area contributed by atoms with E-state index in [0.717, 1.165) is 5.56 Å². The summed E-state index contributed by atoms with van der Waals surface area (Å²) in [6.45, 7) is 0.438. The van der Waals surface area contributed by atoms with E-state index in [0.29, 0.717) is 24.4 Å². The Morgan fingerprint density at radius 3 is 2.88 bits per heavy atom. The van der Waals surface area contributed by atoms with Gasteiger partial charge in [-0.3, -0.25) is 4.90 Å². The highest BCUT2D eigenvalue weighted by molar-refractivity contribution is 5.89. The zero-order valence-electron chi connectivity index (χ0n) is 9.84. The van der Waals surface area contributed by atoms with Crippen molar-refractivity contribution in [2.75, 3.05) is 25.7 Å². The summed E-state index contributed by atoms with van der Waals surface area (Å²) in [5.41, 5.74) is 1.37. The summed E-state index contributed by atoms with van der Waals surface area (Å²) in [4.78, 5) is 13.1. The second kappa shape index (κ2) is 4.63. The van der Waals surface area contributed by atoms with Crippen LogP contribution in [0.2, 0.25) is 0 Å². The Morgan fingerprint density at radius 2 is 2.24 bits per heavy atom. The van der Waals surface area contributed by atoms with Gasteiger partial charge in [0.1, 0.15) is 5.75 Å². The number of rotatable bonds is 1. The second-order valence-electron chi connectivity index (χ2n) is 3.85. The van der Waals surface area contributed by atoms with E-state index in [1.54, 1.807) is 25.3 Å². The van der Waals surface area contributed by atoms with Gasteiger partial charge in [-0.25, -0.2) is 4.79 Å². The summed E-state index contributed by atoms with van der Waals surface area (Å²) in [5, 5.41) is 9.88. The molecular formula is C12H15NO4. The first-order valence-electron chi connectivity index (χ1n) is 5.39. The fourth-order valence-corrected chi connectivity index (χ4v) is 1.99. The fourth-order valence-electron chi connectivity index (χ4n) is 1.99. The van der Waals surface area contributed by atoms with Gasteiger partial charge >= 0.3 is 6.09 Å². The Balaban J connectivity index is 2.44. The van der Waals surface area contributed by atoms with Crippen molar-refractivity contribution in [1.82, 2.24) is 0 Å². The van der Waals surface area contributed by atoms with Crippen LogP contribution in [0.5, 0.6) is 5.75 Å². The number of fused-ring (bicyclic) bond motifs is 1. The van der Waals surface area contributed by atoms with Crippen LogP contribution in [0.4, 0.5) is 10.5 Å². The van der Waals surface area contributed by atoms with Crippen molar-refractivity contribution in [2.24, 2.45) is 0 Å². The molecule has 92 valence electrons. The van der Waals surface area contributed by atoms with Crippen LogP contribution in [-0.4, -0.2) is 32.0 Å². The van der Waals surface area contributed by atoms with Crippen LogP contribution >= 0.6 is 0 Å². The molecule has 0 radical (unpaired) electrons. The Kier molecular flexibility index (Phi) is 3.19. The van der Waals surface area contributed by atoms with Gasteiger partial charge in [0.05, 0.1) is 26.0 Å². The molecule has 1 amide bonds. The Hall–Kier alpha value is -1.75. The first-order valence-corrected chi connectivity index (χ1v) is 5.39. The fraction of sp³-hybridized carbons (Fsp3) is 0.417. The monoisotopic (exact) mass is 237 g/mol. The lowest BCUT2D eigenvalue weighted by Crippen LogP contribution is -2.36. The lowest BCUT2D eigenvalue weighted by Gasteiger charge is -2.31. The molecule has 1 unspecified atom stereocenters. The molecule has 5 nitrogen and oxygen atoms in total. The van der Waals surface area contributed by atoms with Crippen LogP contribution < -0.4 is 9.64 Å². The van der Waals surface area contributed by atoms with E-state index in [1.165, 1.54) is 12.0 Å². The smallest absolute Gasteiger partial charge is 0.414 e. The van der Waals surface area contributed by atoms with Crippen molar-refractivity contribution in [3.63, 3.8) is 0 Å². The summed E-state index contributed by atoms with van der Waals surface area (Å²) in [6, 6.07) is 5.27. The third-order valence-corrected chi connectivity index (χ3v) is 2.91. The molecule has 0 bridgehead atoms. The Bertz CT molecular complexity index is 433. The number of hydrogen-bond acceptors (Lipinski definition) is 4. The zero-order valence-corrected chi connectivity index (χ0v) is 9.84. The molecule has 0 fully saturated rings. The van der Waals surface area contributed by atoms with Crippen LogP contribution in [0.1, 0.15) is 18.1 Å². The average Bonchev–Trinajstić information content (AvgIpc) is 2.38. The quantitative estimate of drug-likeness (QED) is 0.807. The summed E-state index contributed by atoms with van der Waals surface area (Å²) >= 11 is 0. The number of nitrogens with zero attached hydrogens (tertiary/aromatic N) is 1. The van der Waals surface area contributed by atoms with E-state index in [4.69, 9.17) is 9.47 Å². The van der Waals surface area contributed by atoms with E-state index in [9.17, 15) is 9.90 Å². The number of benzene rings is 1. The molecule has 0 spiro atoms. The SMILES string of the molecule is COC(=O)N1CCC(O)c2ccc(OC)cc21. The topological polar surface area (TPSA) is 59.0 Å². The van der Waals surface area contributed by atoms with Gasteiger partial charge in [0, 0.05) is 18.2 Å². The molecule has 2 rings (SSSR count). The molecule has 0 aliphatic carbocycles. The third-order valence-electron chi connectivity index (χ3n) is 2.91. The van der Waals surface area contributed by atoms with Crippen molar-refractivity contribution in [2.45, 2.75) is 12.5 Å². The minimum absolute atomic E-state index is 0.425. The van der Waals surface area contributed by atoms with Gasteiger partial charge in [0.15, 0.2) is 0 Å². The molecule has 1 aromatic carbocycles. The Labute approximate surface area is 99.6 Å². The van der Waals surface area contributed by atoms with Crippen molar-refractivity contribution in [1.29, 1.82) is 0 Å². The van der Waals surface area contributed by atoms with Gasteiger partial charge in [-0.05, 0) is 12.5 Å². The third kappa shape index (κ3) is 2.06. The molecule has 5 heteroatoms. The molecule has 0 aromatic heterocycles. The van der Waals surface area contributed by atoms with Crippen LogP contribution in [0.3, 0.4) is 0 Å². The van der Waals surface area contributed by atoms with Gasteiger partial charge in [0.25, 0.3) is 0 Å². The number of aliphatic hydroxyl groups is 1. The van der Waals surface area contributed by atoms with E-state index in [2.05, 4.69) is 0 Å². The number of hydrogen-bond donors (Lipinski definition) is 1. The zero-order chi connectivity index (χ0) is 12.4. The number of carbonyl (C=O) groups excluding carboxylic acids is 1. The average molecular weight is 237 g/mol. The highest BCUT2D eigenvalue weighted by atomic mass is 16.5. The molecule has 1 atom stereocenters. The minimum atomic E-state index is -0.545. The number of anilines is 1. The molecular weight excluding hydrogens is 222 g/mol. The van der Waals surface area contributed by atoms with Crippen molar-refractivity contribution in [3.8, 4) is 5.75 Å². The largest absolute Gasteiger partial charge is 0.497 e. The normalized spacial score (nSPS) is 18.5. The molecule has 1 aromatic rings. The summed E-state index contributed by atoms with van der Waals surface area (Å²) < 4.78 is 9.84. The molecule has 1 N–H and O–H groups in total. The summed E-state index contributed by atoms with van der Waals surface area (Å²) in [5.74, 6) is 0.645. The lowest BCUT2D eigenvalue weighted by atomic mass is 9.99. The van der Waals surface area contributed by atoms with Crippen molar-refractivity contribution >= 4 is 11.8 Å². The molecule has 0 saturated carbocycles. The van der Waals surface area contributed by atoms with E-state index in [1.807, 2.05) is 0 Å². The molecule has 17 heavy (non-hydrogen) atoms. The number of methoxy groups -OCH3 is 2. The number of amides is 1. The first-order chi connectivity index (χ1) is 8.17. The highest BCUT2D eigenvalue weighted by Gasteiger charge is 2.28. The van der Waals surface area contributed by atoms with Gasteiger partial charge in [-0.15, -0.1) is 0 Å². The number of aliphatic hydroxyl groups excluding tert-OH is 1. The standard InChI is InChI=1S/C12H15NO4/c1-16-8-3-4-9-10(7-8)13(12(15)17-2)6-5-11(9)14/h3-4,7,11,14H,5-6H2,1-2H3. The van der Waals surface area contributed by atoms with Gasteiger partial charge in [-0.1, -0.05) is 6.07 Å². The summed E-state index contributed by atoms with van der Waals surface area (Å²) in [6.07, 6.45) is -0.461. The molecule has 0 saturated heterocycles. The maximum absolute atomic E-state index is 11.6. The van der Waals surface area contributed by atoms with Crippen molar-refractivity contribution in [3.05, 3.63) is 23.8 Å². The van der Waals surface area contributed by atoms with E-state index >= 15 is 0 Å². The molecule has 1 aliphatic rings. The first kappa shape index (κ1) is 11.7. The second-order valence-corrected chi connectivity index (χ2v) is 3.85. The molecule has 1 aliphatic heterocycles. The van der Waals surface area contributed by atoms with Gasteiger partial charge in [0.2, 0.25) is 0 Å². The van der Waals surface area contributed by atoms with Crippen LogP contribution in [0.15, 0.2) is 18.2 Å². The van der Waals surface area contributed by atoms with E-state index < -0.39 is 12.2 Å². The van der Waals surface area contributed by atoms with Gasteiger partial charge in [-0.2, -0.15) is 0 Å². The maximum Gasteiger partial charge on any atom is 0.414 e. The lowest BCUT2D eigenvalue weighted by molar-refractivity contribution is 0.154. The Morgan fingerprint density at radius 1 is 1.47 bits per heavy atom. The predicted octanol–water partition coefficient (Wildman–Crippen LogP) is 1.71.